The summed E-state index contributed by atoms with van der Waals surface area (Å²) in [4.78, 5) is 94.4. The van der Waals surface area contributed by atoms with Gasteiger partial charge in [-0.2, -0.15) is 0 Å². The number of likely N-dealkylation sites (N-methyl/N-ethyl adjacent to an activating group) is 1. The number of Topliss-reactive ketones (excluding diaryl/α,β-unsaturated/α-hetero) is 4. The second-order valence-corrected chi connectivity index (χ2v) is 19.6. The van der Waals surface area contributed by atoms with Gasteiger partial charge in [-0.15, -0.1) is 0 Å². The van der Waals surface area contributed by atoms with Gasteiger partial charge in [-0.25, -0.2) is 0 Å². The monoisotopic (exact) mass is 899 g/mol. The lowest BCUT2D eigenvalue weighted by Crippen LogP contribution is -2.46. The van der Waals surface area contributed by atoms with E-state index in [2.05, 4.69) is 5.32 Å². The van der Waals surface area contributed by atoms with Gasteiger partial charge in [0.15, 0.2) is 17.3 Å². The van der Waals surface area contributed by atoms with Crippen molar-refractivity contribution in [3.05, 3.63) is 107 Å². The van der Waals surface area contributed by atoms with Gasteiger partial charge in [-0.05, 0) is 84.5 Å². The van der Waals surface area contributed by atoms with Crippen LogP contribution in [0.4, 0.5) is 0 Å². The maximum Gasteiger partial charge on any atom is 0.226 e. The van der Waals surface area contributed by atoms with E-state index in [1.54, 1.807) is 30.3 Å². The molecule has 5 rings (SSSR count). The summed E-state index contributed by atoms with van der Waals surface area (Å²) in [6.45, 7) is 4.41. The standard InChI is InChI=1S/C48H55ClN3O10P/c1-28(45(58)27-63(4,61)62)21-43(56)39-24-30-8-18-40(53)37(23-30)38-25-34(15-19-41(38)54)46(44(57)22-29(2)47(59)51-39)52(3)48(60)35(7-5-6-20-50)26-42(55)33-11-9-31(10-12-33)32-13-16-36(49)17-14-32/h8-19,23,25,28-29,35,39,46,53-54H,5-7,20-22,24,26-27,50H2,1-4H3,(H,51,59)(H,61,62)/t28-,29-,35-,39+,46+/m1/s1. The number of carbonyl (C=O) groups is 6. The van der Waals surface area contributed by atoms with E-state index in [0.29, 0.717) is 42.0 Å². The molecule has 13 nitrogen and oxygen atoms in total. The fraction of sp³-hybridized carbons (Fsp3) is 0.375. The number of phenols is 2. The van der Waals surface area contributed by atoms with E-state index in [1.165, 1.54) is 56.1 Å². The molecule has 4 bridgehead atoms. The lowest BCUT2D eigenvalue weighted by molar-refractivity contribution is -0.142. The maximum absolute atomic E-state index is 14.6. The molecule has 63 heavy (non-hydrogen) atoms. The minimum atomic E-state index is -3.70. The molecule has 4 aromatic carbocycles. The molecule has 334 valence electrons. The Bertz CT molecular complexity index is 2400. The molecule has 0 fully saturated rings. The number of amides is 2. The number of nitrogens with one attached hydrogen (secondary N) is 1. The molecule has 0 aromatic heterocycles. The summed E-state index contributed by atoms with van der Waals surface area (Å²) in [5.41, 5.74) is 9.04. The van der Waals surface area contributed by atoms with Gasteiger partial charge in [-0.3, -0.25) is 33.3 Å². The first kappa shape index (κ1) is 48.6. The Hall–Kier alpha value is -5.46. The lowest BCUT2D eigenvalue weighted by atomic mass is 9.87. The molecule has 1 aliphatic heterocycles. The van der Waals surface area contributed by atoms with Crippen LogP contribution in [0.2, 0.25) is 5.02 Å². The van der Waals surface area contributed by atoms with Crippen LogP contribution in [0.1, 0.15) is 79.9 Å². The van der Waals surface area contributed by atoms with Crippen LogP contribution in [0.3, 0.4) is 0 Å². The second kappa shape index (κ2) is 21.3. The number of unbranched alkanes of at least 4 members (excludes halogenated alkanes) is 1. The number of halogens is 1. The summed E-state index contributed by atoms with van der Waals surface area (Å²) < 4.78 is 11.9. The molecule has 4 aromatic rings. The van der Waals surface area contributed by atoms with E-state index in [0.717, 1.165) is 17.8 Å². The molecule has 0 spiro atoms. The fourth-order valence-electron chi connectivity index (χ4n) is 7.89. The quantitative estimate of drug-likeness (QED) is 0.0426. The molecule has 0 aliphatic carbocycles. The zero-order valence-electron chi connectivity index (χ0n) is 35.9. The topological polar surface area (TPSA) is 221 Å². The predicted molar refractivity (Wildman–Crippen MR) is 242 cm³/mol. The zero-order chi connectivity index (χ0) is 46.2. The van der Waals surface area contributed by atoms with Gasteiger partial charge in [-0.1, -0.05) is 80.4 Å². The van der Waals surface area contributed by atoms with Gasteiger partial charge in [0.1, 0.15) is 23.3 Å². The third kappa shape index (κ3) is 12.8. The lowest BCUT2D eigenvalue weighted by Gasteiger charge is -2.32. The average molecular weight is 900 g/mol. The Labute approximate surface area is 372 Å². The number of hydrogen-bond donors (Lipinski definition) is 5. The summed E-state index contributed by atoms with van der Waals surface area (Å²) in [6.07, 6.45) is -0.142. The van der Waals surface area contributed by atoms with Crippen LogP contribution in [0.15, 0.2) is 84.9 Å². The van der Waals surface area contributed by atoms with Crippen LogP contribution >= 0.6 is 19.0 Å². The molecule has 0 saturated heterocycles. The molecule has 2 amide bonds. The summed E-state index contributed by atoms with van der Waals surface area (Å²) in [5, 5.41) is 25.6. The summed E-state index contributed by atoms with van der Waals surface area (Å²) in [5.74, 6) is -6.34. The minimum Gasteiger partial charge on any atom is -0.507 e. The van der Waals surface area contributed by atoms with Crippen LogP contribution in [-0.2, 0) is 35.0 Å². The average Bonchev–Trinajstić information content (AvgIpc) is 3.23. The van der Waals surface area contributed by atoms with Crippen molar-refractivity contribution >= 4 is 53.9 Å². The highest BCUT2D eigenvalue weighted by Crippen LogP contribution is 2.40. The largest absolute Gasteiger partial charge is 0.507 e. The van der Waals surface area contributed by atoms with E-state index < -0.39 is 72.5 Å². The van der Waals surface area contributed by atoms with Crippen molar-refractivity contribution in [2.75, 3.05) is 26.4 Å². The van der Waals surface area contributed by atoms with Crippen LogP contribution in [-0.4, -0.2) is 87.4 Å². The number of ketones is 4. The van der Waals surface area contributed by atoms with Crippen LogP contribution in [0.5, 0.6) is 11.5 Å². The number of aromatic hydroxyl groups is 2. The van der Waals surface area contributed by atoms with Crippen molar-refractivity contribution < 1.29 is 48.4 Å². The van der Waals surface area contributed by atoms with Crippen molar-refractivity contribution in [2.45, 2.75) is 70.9 Å². The zero-order valence-corrected chi connectivity index (χ0v) is 37.5. The van der Waals surface area contributed by atoms with E-state index in [-0.39, 0.29) is 59.7 Å². The number of nitrogens with two attached hydrogens (primary N) is 1. The predicted octanol–water partition coefficient (Wildman–Crippen LogP) is 7.30. The molecule has 0 radical (unpaired) electrons. The Balaban J connectivity index is 1.48. The van der Waals surface area contributed by atoms with Gasteiger partial charge < -0.3 is 31.1 Å². The molecular formula is C48H55ClN3O10P. The molecular weight excluding hydrogens is 845 g/mol. The number of hydrogen-bond acceptors (Lipinski definition) is 10. The second-order valence-electron chi connectivity index (χ2n) is 16.8. The SMILES string of the molecule is C[C@H](CC(=O)[C@@H]1Cc2ccc(O)c(c2)-c2cc(ccc2O)[C@H](N(C)C(=O)[C@H](CCCCN)CC(=O)c2ccc(-c3ccc(Cl)cc3)cc2)C(=O)C[C@@H](C)C(=O)N1)C(=O)CP(C)(=O)O. The van der Waals surface area contributed by atoms with Crippen molar-refractivity contribution in [1.29, 1.82) is 0 Å². The van der Waals surface area contributed by atoms with Gasteiger partial charge in [0, 0.05) is 72.4 Å². The number of nitrogens with zero attached hydrogens (tertiary/aromatic N) is 1. The van der Waals surface area contributed by atoms with Crippen molar-refractivity contribution in [3.8, 4) is 33.8 Å². The summed E-state index contributed by atoms with van der Waals surface area (Å²) in [6, 6.07) is 20.6. The Morgan fingerprint density at radius 3 is 2.10 bits per heavy atom. The highest BCUT2D eigenvalue weighted by Gasteiger charge is 2.36. The number of fused-ring (bicyclic) bond motifs is 5. The molecule has 1 heterocycles. The smallest absolute Gasteiger partial charge is 0.226 e. The first-order valence-electron chi connectivity index (χ1n) is 20.9. The van der Waals surface area contributed by atoms with Crippen LogP contribution in [0, 0.1) is 17.8 Å². The van der Waals surface area contributed by atoms with E-state index in [1.807, 2.05) is 24.3 Å². The number of phenolic OH excluding ortho intramolecular Hbond substituents is 2. The number of rotatable bonds is 16. The summed E-state index contributed by atoms with van der Waals surface area (Å²) >= 11 is 6.05. The fourth-order valence-corrected chi connectivity index (χ4v) is 8.91. The van der Waals surface area contributed by atoms with Crippen molar-refractivity contribution in [3.63, 3.8) is 0 Å². The van der Waals surface area contributed by atoms with Crippen LogP contribution < -0.4 is 11.1 Å². The minimum absolute atomic E-state index is 0.0806. The third-order valence-corrected chi connectivity index (χ3v) is 12.7. The van der Waals surface area contributed by atoms with E-state index >= 15 is 0 Å². The highest BCUT2D eigenvalue weighted by atomic mass is 35.5. The molecule has 6 atom stereocenters. The van der Waals surface area contributed by atoms with E-state index in [9.17, 15) is 48.4 Å². The number of benzene rings is 4. The normalized spacial score (nSPS) is 18.6. The highest BCUT2D eigenvalue weighted by molar-refractivity contribution is 7.58. The van der Waals surface area contributed by atoms with Gasteiger partial charge in [0.05, 0.1) is 12.2 Å². The molecule has 15 heteroatoms. The molecule has 0 saturated carbocycles. The van der Waals surface area contributed by atoms with Gasteiger partial charge in [0.25, 0.3) is 0 Å². The van der Waals surface area contributed by atoms with Gasteiger partial charge in [0.2, 0.25) is 19.2 Å². The molecule has 1 aliphatic rings. The first-order chi connectivity index (χ1) is 29.8. The number of carbonyl (C=O) groups excluding carboxylic acids is 6. The maximum atomic E-state index is 14.6. The molecule has 1 unspecified atom stereocenters. The molecule has 6 N–H and O–H groups in total. The van der Waals surface area contributed by atoms with Crippen LogP contribution in [0.25, 0.3) is 22.3 Å². The van der Waals surface area contributed by atoms with Gasteiger partial charge >= 0.3 is 0 Å². The third-order valence-electron chi connectivity index (χ3n) is 11.5. The summed E-state index contributed by atoms with van der Waals surface area (Å²) in [7, 11) is -2.25. The van der Waals surface area contributed by atoms with E-state index in [4.69, 9.17) is 17.3 Å². The Morgan fingerprint density at radius 2 is 1.48 bits per heavy atom. The Morgan fingerprint density at radius 1 is 0.873 bits per heavy atom. The Kier molecular flexibility index (Phi) is 16.4. The first-order valence-corrected chi connectivity index (χ1v) is 23.6. The van der Waals surface area contributed by atoms with Crippen molar-refractivity contribution in [2.24, 2.45) is 23.5 Å². The van der Waals surface area contributed by atoms with Crippen molar-refractivity contribution in [1.82, 2.24) is 10.2 Å².